The highest BCUT2D eigenvalue weighted by molar-refractivity contribution is 5.84. The van der Waals surface area contributed by atoms with Crippen LogP contribution in [0.3, 0.4) is 0 Å². The molecule has 1 saturated carbocycles. The van der Waals surface area contributed by atoms with Crippen molar-refractivity contribution in [1.29, 1.82) is 0 Å². The first-order valence-corrected chi connectivity index (χ1v) is 6.00. The predicted octanol–water partition coefficient (Wildman–Crippen LogP) is -0.656. The number of hydrogen-bond acceptors (Lipinski definition) is 4. The molecule has 0 spiro atoms. The smallest absolute Gasteiger partial charge is 0.326 e. The molecule has 0 bridgehead atoms. The zero-order valence-corrected chi connectivity index (χ0v) is 9.65. The lowest BCUT2D eigenvalue weighted by Crippen LogP contribution is -2.48. The Morgan fingerprint density at radius 3 is 2.76 bits per heavy atom. The van der Waals surface area contributed by atoms with Crippen LogP contribution in [0.25, 0.3) is 0 Å². The average molecular weight is 242 g/mol. The van der Waals surface area contributed by atoms with Gasteiger partial charge in [0.05, 0.1) is 13.2 Å². The summed E-state index contributed by atoms with van der Waals surface area (Å²) in [6.45, 7) is 1.91. The molecule has 0 radical (unpaired) electrons. The highest BCUT2D eigenvalue weighted by Crippen LogP contribution is 2.32. The van der Waals surface area contributed by atoms with Gasteiger partial charge in [-0.15, -0.1) is 0 Å². The third-order valence-electron chi connectivity index (χ3n) is 3.11. The van der Waals surface area contributed by atoms with Gasteiger partial charge in [0.1, 0.15) is 6.04 Å². The zero-order valence-electron chi connectivity index (χ0n) is 9.65. The molecule has 0 aromatic heterocycles. The first-order valence-electron chi connectivity index (χ1n) is 6.00. The Balaban J connectivity index is 1.76. The molecule has 1 aliphatic carbocycles. The molecule has 6 nitrogen and oxygen atoms in total. The molecule has 1 saturated heterocycles. The van der Waals surface area contributed by atoms with E-state index >= 15 is 0 Å². The van der Waals surface area contributed by atoms with Crippen LogP contribution in [-0.2, 0) is 14.3 Å². The van der Waals surface area contributed by atoms with E-state index in [4.69, 9.17) is 9.84 Å². The summed E-state index contributed by atoms with van der Waals surface area (Å²) >= 11 is 0. The van der Waals surface area contributed by atoms with Crippen molar-refractivity contribution in [3.63, 3.8) is 0 Å². The molecule has 2 rings (SSSR count). The van der Waals surface area contributed by atoms with Gasteiger partial charge >= 0.3 is 5.97 Å². The number of carboxylic acid groups (broad SMARTS) is 1. The van der Waals surface area contributed by atoms with Crippen LogP contribution in [0.5, 0.6) is 0 Å². The lowest BCUT2D eigenvalue weighted by molar-refractivity contribution is -0.142. The summed E-state index contributed by atoms with van der Waals surface area (Å²) in [6, 6.07) is -0.718. The number of rotatable bonds is 5. The average Bonchev–Trinajstić information content (AvgIpc) is 3.11. The van der Waals surface area contributed by atoms with Crippen molar-refractivity contribution in [2.24, 2.45) is 5.92 Å². The van der Waals surface area contributed by atoms with Gasteiger partial charge in [0.25, 0.3) is 0 Å². The molecule has 1 heterocycles. The number of carbonyl (C=O) groups excluding carboxylic acids is 1. The fourth-order valence-electron chi connectivity index (χ4n) is 2.02. The Bertz CT molecular complexity index is 298. The molecule has 3 N–H and O–H groups in total. The van der Waals surface area contributed by atoms with Crippen molar-refractivity contribution in [1.82, 2.24) is 10.6 Å². The van der Waals surface area contributed by atoms with Crippen molar-refractivity contribution in [3.05, 3.63) is 0 Å². The first-order chi connectivity index (χ1) is 8.16. The van der Waals surface area contributed by atoms with Gasteiger partial charge in [0.15, 0.2) is 0 Å². The molecule has 1 aliphatic heterocycles. The number of nitrogens with one attached hydrogen (secondary N) is 2. The van der Waals surface area contributed by atoms with Crippen LogP contribution < -0.4 is 10.6 Å². The number of morpholine rings is 1. The maximum absolute atomic E-state index is 11.7. The second kappa shape index (κ2) is 5.46. The largest absolute Gasteiger partial charge is 0.480 e. The highest BCUT2D eigenvalue weighted by Gasteiger charge is 2.37. The van der Waals surface area contributed by atoms with Crippen molar-refractivity contribution in [2.75, 3.05) is 19.8 Å². The van der Waals surface area contributed by atoms with Crippen LogP contribution in [0.4, 0.5) is 0 Å². The SMILES string of the molecule is O=C(CC1COCCN1)NC(C(=O)O)C1CC1. The third kappa shape index (κ3) is 3.67. The van der Waals surface area contributed by atoms with Gasteiger partial charge in [0.2, 0.25) is 5.91 Å². The van der Waals surface area contributed by atoms with Gasteiger partial charge in [-0.05, 0) is 18.8 Å². The molecule has 96 valence electrons. The fraction of sp³-hybridized carbons (Fsp3) is 0.818. The molecule has 2 atom stereocenters. The molecule has 17 heavy (non-hydrogen) atoms. The lowest BCUT2D eigenvalue weighted by Gasteiger charge is -2.24. The van der Waals surface area contributed by atoms with Crippen LogP contribution in [0.1, 0.15) is 19.3 Å². The van der Waals surface area contributed by atoms with Gasteiger partial charge in [-0.25, -0.2) is 4.79 Å². The summed E-state index contributed by atoms with van der Waals surface area (Å²) in [5.74, 6) is -1.03. The lowest BCUT2D eigenvalue weighted by atomic mass is 10.1. The minimum atomic E-state index is -0.936. The summed E-state index contributed by atoms with van der Waals surface area (Å²) in [5.41, 5.74) is 0. The number of carboxylic acids is 1. The Kier molecular flexibility index (Phi) is 3.96. The Morgan fingerprint density at radius 2 is 2.24 bits per heavy atom. The zero-order chi connectivity index (χ0) is 12.3. The minimum Gasteiger partial charge on any atom is -0.480 e. The molecule has 0 aromatic carbocycles. The standard InChI is InChI=1S/C11H18N2O4/c14-9(5-8-6-17-4-3-12-8)13-10(11(15)16)7-1-2-7/h7-8,10,12H,1-6H2,(H,13,14)(H,15,16). The number of amides is 1. The molecule has 0 aromatic rings. The van der Waals surface area contributed by atoms with Crippen molar-refractivity contribution >= 4 is 11.9 Å². The molecular formula is C11H18N2O4. The van der Waals surface area contributed by atoms with Crippen LogP contribution in [0.2, 0.25) is 0 Å². The van der Waals surface area contributed by atoms with Crippen LogP contribution in [-0.4, -0.2) is 48.8 Å². The van der Waals surface area contributed by atoms with E-state index in [0.717, 1.165) is 19.4 Å². The number of carbonyl (C=O) groups is 2. The van der Waals surface area contributed by atoms with E-state index in [1.807, 2.05) is 0 Å². The number of ether oxygens (including phenoxy) is 1. The fourth-order valence-corrected chi connectivity index (χ4v) is 2.02. The van der Waals surface area contributed by atoms with Gasteiger partial charge in [-0.1, -0.05) is 0 Å². The second-order valence-corrected chi connectivity index (χ2v) is 4.65. The number of aliphatic carboxylic acids is 1. The van der Waals surface area contributed by atoms with Gasteiger partial charge in [0, 0.05) is 19.0 Å². The summed E-state index contributed by atoms with van der Waals surface area (Å²) in [4.78, 5) is 22.6. The molecular weight excluding hydrogens is 224 g/mol. The summed E-state index contributed by atoms with van der Waals surface area (Å²) in [7, 11) is 0. The minimum absolute atomic E-state index is 0.00241. The van der Waals surface area contributed by atoms with Crippen LogP contribution in [0, 0.1) is 5.92 Å². The third-order valence-corrected chi connectivity index (χ3v) is 3.11. The monoisotopic (exact) mass is 242 g/mol. The van der Waals surface area contributed by atoms with E-state index in [1.165, 1.54) is 0 Å². The van der Waals surface area contributed by atoms with Gasteiger partial charge < -0.3 is 20.5 Å². The normalized spacial score (nSPS) is 26.2. The Labute approximate surface area is 99.7 Å². The quantitative estimate of drug-likeness (QED) is 0.596. The van der Waals surface area contributed by atoms with E-state index in [1.54, 1.807) is 0 Å². The second-order valence-electron chi connectivity index (χ2n) is 4.65. The topological polar surface area (TPSA) is 87.7 Å². The Hall–Kier alpha value is -1.14. The van der Waals surface area contributed by atoms with Crippen LogP contribution >= 0.6 is 0 Å². The Morgan fingerprint density at radius 1 is 1.47 bits per heavy atom. The molecule has 2 unspecified atom stereocenters. The number of hydrogen-bond donors (Lipinski definition) is 3. The molecule has 2 fully saturated rings. The molecule has 6 heteroatoms. The first kappa shape index (κ1) is 12.3. The van der Waals surface area contributed by atoms with E-state index in [0.29, 0.717) is 13.2 Å². The summed E-state index contributed by atoms with van der Waals surface area (Å²) < 4.78 is 5.24. The van der Waals surface area contributed by atoms with E-state index in [2.05, 4.69) is 10.6 Å². The van der Waals surface area contributed by atoms with E-state index in [9.17, 15) is 9.59 Å². The predicted molar refractivity (Wildman–Crippen MR) is 59.5 cm³/mol. The molecule has 1 amide bonds. The molecule has 2 aliphatic rings. The van der Waals surface area contributed by atoms with Crippen LogP contribution in [0.15, 0.2) is 0 Å². The highest BCUT2D eigenvalue weighted by atomic mass is 16.5. The van der Waals surface area contributed by atoms with Crippen molar-refractivity contribution in [3.8, 4) is 0 Å². The van der Waals surface area contributed by atoms with E-state index < -0.39 is 12.0 Å². The summed E-state index contributed by atoms with van der Waals surface area (Å²) in [6.07, 6.45) is 2.06. The van der Waals surface area contributed by atoms with Gasteiger partial charge in [-0.2, -0.15) is 0 Å². The van der Waals surface area contributed by atoms with E-state index in [-0.39, 0.29) is 24.3 Å². The van der Waals surface area contributed by atoms with Crippen molar-refractivity contribution < 1.29 is 19.4 Å². The maximum atomic E-state index is 11.7. The van der Waals surface area contributed by atoms with Gasteiger partial charge in [-0.3, -0.25) is 4.79 Å². The van der Waals surface area contributed by atoms with Crippen molar-refractivity contribution in [2.45, 2.75) is 31.3 Å². The maximum Gasteiger partial charge on any atom is 0.326 e. The summed E-state index contributed by atoms with van der Waals surface area (Å²) in [5, 5.41) is 14.7.